The Balaban J connectivity index is 1.69. The normalized spacial score (nSPS) is 19.5. The maximum absolute atomic E-state index is 13.0. The van der Waals surface area contributed by atoms with Crippen LogP contribution in [0.1, 0.15) is 53.0 Å². The first-order valence-electron chi connectivity index (χ1n) is 10.0. The minimum Gasteiger partial charge on any atom is -0.339 e. The minimum atomic E-state index is -4.50. The summed E-state index contributed by atoms with van der Waals surface area (Å²) in [6, 6.07) is 4.29. The first kappa shape index (κ1) is 22.1. The molecule has 0 aliphatic heterocycles. The van der Waals surface area contributed by atoms with Crippen LogP contribution >= 0.6 is 0 Å². The fourth-order valence-corrected chi connectivity index (χ4v) is 4.14. The molecule has 1 aliphatic carbocycles. The molecular formula is C22H26F3N3O2. The molecule has 3 rings (SSSR count). The SMILES string of the molecule is Cc1ncn(C)c1CC(=O)[C@@H]1CCC[C@H](N(C)C(=O)c2cccc(C(F)(F)F)c2)C1. The number of aromatic nitrogens is 2. The van der Waals surface area contributed by atoms with Gasteiger partial charge < -0.3 is 9.47 Å². The van der Waals surface area contributed by atoms with E-state index < -0.39 is 17.6 Å². The van der Waals surface area contributed by atoms with Crippen molar-refractivity contribution < 1.29 is 22.8 Å². The number of benzene rings is 1. The van der Waals surface area contributed by atoms with E-state index in [1.54, 1.807) is 13.4 Å². The Morgan fingerprint density at radius 1 is 1.27 bits per heavy atom. The van der Waals surface area contributed by atoms with E-state index in [2.05, 4.69) is 4.98 Å². The van der Waals surface area contributed by atoms with Crippen LogP contribution in [0.4, 0.5) is 13.2 Å². The Morgan fingerprint density at radius 2 is 2.00 bits per heavy atom. The van der Waals surface area contributed by atoms with Crippen molar-refractivity contribution in [3.05, 3.63) is 53.1 Å². The lowest BCUT2D eigenvalue weighted by Gasteiger charge is -2.35. The third kappa shape index (κ3) is 4.74. The molecule has 0 bridgehead atoms. The zero-order valence-electron chi connectivity index (χ0n) is 17.4. The molecule has 2 aromatic rings. The molecule has 1 saturated carbocycles. The number of halogens is 3. The van der Waals surface area contributed by atoms with Crippen LogP contribution in [0.15, 0.2) is 30.6 Å². The van der Waals surface area contributed by atoms with Gasteiger partial charge in [0.05, 0.1) is 17.6 Å². The number of alkyl halides is 3. The number of hydrogen-bond acceptors (Lipinski definition) is 3. The number of amides is 1. The monoisotopic (exact) mass is 421 g/mol. The summed E-state index contributed by atoms with van der Waals surface area (Å²) >= 11 is 0. The highest BCUT2D eigenvalue weighted by atomic mass is 19.4. The van der Waals surface area contributed by atoms with Gasteiger partial charge in [0.2, 0.25) is 0 Å². The maximum atomic E-state index is 13.0. The molecule has 5 nitrogen and oxygen atoms in total. The quantitative estimate of drug-likeness (QED) is 0.728. The van der Waals surface area contributed by atoms with Crippen molar-refractivity contribution in [2.45, 2.75) is 51.2 Å². The summed E-state index contributed by atoms with van der Waals surface area (Å²) in [6.07, 6.45) is 0.297. The van der Waals surface area contributed by atoms with Gasteiger partial charge in [0.15, 0.2) is 0 Å². The fourth-order valence-electron chi connectivity index (χ4n) is 4.14. The van der Waals surface area contributed by atoms with Gasteiger partial charge in [-0.1, -0.05) is 12.5 Å². The number of ketones is 1. The van der Waals surface area contributed by atoms with Crippen molar-refractivity contribution >= 4 is 11.7 Å². The molecule has 0 saturated heterocycles. The van der Waals surface area contributed by atoms with Crippen molar-refractivity contribution in [2.24, 2.45) is 13.0 Å². The van der Waals surface area contributed by atoms with E-state index >= 15 is 0 Å². The summed E-state index contributed by atoms with van der Waals surface area (Å²) < 4.78 is 40.8. The van der Waals surface area contributed by atoms with Crippen LogP contribution in [0.5, 0.6) is 0 Å². The molecule has 1 aliphatic rings. The standard InChI is InChI=1S/C22H26F3N3O2/c1-14-19(27(2)13-26-14)12-20(29)15-6-5-9-18(11-15)28(3)21(30)16-7-4-8-17(10-16)22(23,24)25/h4,7-8,10,13,15,18H,5-6,9,11-12H2,1-3H3/t15-,18+/m1/s1. The van der Waals surface area contributed by atoms with Crippen LogP contribution in [-0.4, -0.2) is 39.2 Å². The van der Waals surface area contributed by atoms with Gasteiger partial charge in [-0.2, -0.15) is 13.2 Å². The smallest absolute Gasteiger partial charge is 0.339 e. The van der Waals surface area contributed by atoms with Gasteiger partial charge in [-0.15, -0.1) is 0 Å². The number of aryl methyl sites for hydroxylation is 2. The lowest BCUT2D eigenvalue weighted by molar-refractivity contribution is -0.137. The van der Waals surface area contributed by atoms with Crippen LogP contribution in [-0.2, 0) is 24.4 Å². The second-order valence-electron chi connectivity index (χ2n) is 8.04. The molecule has 1 amide bonds. The number of carbonyl (C=O) groups is 2. The Labute approximate surface area is 173 Å². The highest BCUT2D eigenvalue weighted by Crippen LogP contribution is 2.32. The molecule has 1 aromatic carbocycles. The number of imidazole rings is 1. The van der Waals surface area contributed by atoms with E-state index in [0.717, 1.165) is 42.8 Å². The lowest BCUT2D eigenvalue weighted by atomic mass is 9.81. The highest BCUT2D eigenvalue weighted by molar-refractivity contribution is 5.94. The summed E-state index contributed by atoms with van der Waals surface area (Å²) in [4.78, 5) is 31.4. The average molecular weight is 421 g/mol. The zero-order chi connectivity index (χ0) is 22.1. The molecule has 1 aromatic heterocycles. The number of Topliss-reactive ketones (excluding diaryl/α,β-unsaturated/α-hetero) is 1. The number of rotatable bonds is 5. The molecule has 0 spiro atoms. The highest BCUT2D eigenvalue weighted by Gasteiger charge is 2.34. The predicted molar refractivity (Wildman–Crippen MR) is 106 cm³/mol. The molecule has 0 radical (unpaired) electrons. The molecule has 30 heavy (non-hydrogen) atoms. The summed E-state index contributed by atoms with van der Waals surface area (Å²) in [5, 5.41) is 0. The third-order valence-corrected chi connectivity index (χ3v) is 6.02. The van der Waals surface area contributed by atoms with Crippen molar-refractivity contribution in [1.29, 1.82) is 0 Å². The number of carbonyl (C=O) groups excluding carboxylic acids is 2. The fraction of sp³-hybridized carbons (Fsp3) is 0.500. The summed E-state index contributed by atoms with van der Waals surface area (Å²) in [7, 11) is 3.46. The average Bonchev–Trinajstić information content (AvgIpc) is 3.04. The summed E-state index contributed by atoms with van der Waals surface area (Å²) in [5.41, 5.74) is 0.877. The van der Waals surface area contributed by atoms with Crippen molar-refractivity contribution in [2.75, 3.05) is 7.05 Å². The molecule has 0 unspecified atom stereocenters. The second kappa shape index (κ2) is 8.62. The zero-order valence-corrected chi connectivity index (χ0v) is 17.4. The van der Waals surface area contributed by atoms with Gasteiger partial charge in [-0.05, 0) is 44.4 Å². The van der Waals surface area contributed by atoms with Crippen LogP contribution in [0.3, 0.4) is 0 Å². The topological polar surface area (TPSA) is 55.2 Å². The van der Waals surface area contributed by atoms with Crippen molar-refractivity contribution in [3.63, 3.8) is 0 Å². The van der Waals surface area contributed by atoms with Crippen molar-refractivity contribution in [3.8, 4) is 0 Å². The van der Waals surface area contributed by atoms with E-state index in [-0.39, 0.29) is 23.3 Å². The van der Waals surface area contributed by atoms with Gasteiger partial charge in [0.1, 0.15) is 5.78 Å². The lowest BCUT2D eigenvalue weighted by Crippen LogP contribution is -2.41. The molecule has 8 heteroatoms. The van der Waals surface area contributed by atoms with Crippen LogP contribution < -0.4 is 0 Å². The first-order valence-corrected chi connectivity index (χ1v) is 10.0. The van der Waals surface area contributed by atoms with Gasteiger partial charge in [0.25, 0.3) is 5.91 Å². The van der Waals surface area contributed by atoms with Gasteiger partial charge >= 0.3 is 6.18 Å². The Kier molecular flexibility index (Phi) is 6.33. The van der Waals surface area contributed by atoms with Crippen LogP contribution in [0.2, 0.25) is 0 Å². The summed E-state index contributed by atoms with van der Waals surface area (Å²) in [5.74, 6) is -0.511. The Bertz CT molecular complexity index is 916. The van der Waals surface area contributed by atoms with Crippen molar-refractivity contribution in [1.82, 2.24) is 14.5 Å². The van der Waals surface area contributed by atoms with E-state index in [9.17, 15) is 22.8 Å². The summed E-state index contributed by atoms with van der Waals surface area (Å²) in [6.45, 7) is 1.87. The van der Waals surface area contributed by atoms with Gasteiger partial charge in [-0.3, -0.25) is 9.59 Å². The molecule has 2 atom stereocenters. The third-order valence-electron chi connectivity index (χ3n) is 6.02. The second-order valence-corrected chi connectivity index (χ2v) is 8.04. The number of nitrogens with zero attached hydrogens (tertiary/aromatic N) is 3. The van der Waals surface area contributed by atoms with Gasteiger partial charge in [0, 0.05) is 43.7 Å². The molecular weight excluding hydrogens is 395 g/mol. The largest absolute Gasteiger partial charge is 0.416 e. The molecule has 1 heterocycles. The predicted octanol–water partition coefficient (Wildman–Crippen LogP) is 4.19. The minimum absolute atomic E-state index is 0.00582. The van der Waals surface area contributed by atoms with Crippen LogP contribution in [0, 0.1) is 12.8 Å². The van der Waals surface area contributed by atoms with E-state index in [1.807, 2.05) is 18.5 Å². The first-order chi connectivity index (χ1) is 14.1. The maximum Gasteiger partial charge on any atom is 0.416 e. The van der Waals surface area contributed by atoms with E-state index in [0.29, 0.717) is 12.8 Å². The molecule has 1 fully saturated rings. The van der Waals surface area contributed by atoms with Crippen LogP contribution in [0.25, 0.3) is 0 Å². The van der Waals surface area contributed by atoms with Gasteiger partial charge in [-0.25, -0.2) is 4.98 Å². The molecule has 0 N–H and O–H groups in total. The molecule has 162 valence electrons. The van der Waals surface area contributed by atoms with E-state index in [1.165, 1.54) is 17.0 Å². The Morgan fingerprint density at radius 3 is 2.63 bits per heavy atom. The number of hydrogen-bond donors (Lipinski definition) is 0. The van der Waals surface area contributed by atoms with E-state index in [4.69, 9.17) is 0 Å². The Hall–Kier alpha value is -2.64.